The summed E-state index contributed by atoms with van der Waals surface area (Å²) in [6.45, 7) is 3.80. The number of hydrogen-bond acceptors (Lipinski definition) is 4. The standard InChI is InChI=1S/C17H26N4O2S/c1-18-17(20-16-7-11-24(22,23)13-16)19-8-10-21-9-6-14-4-2-3-5-15(14)12-21/h2-5,16H,6-13H2,1H3,(H2,18,19,20). The minimum absolute atomic E-state index is 0.0249. The summed E-state index contributed by atoms with van der Waals surface area (Å²) in [5.74, 6) is 1.17. The maximum Gasteiger partial charge on any atom is 0.191 e. The van der Waals surface area contributed by atoms with Crippen molar-refractivity contribution in [2.24, 2.45) is 4.99 Å². The van der Waals surface area contributed by atoms with Gasteiger partial charge in [0.2, 0.25) is 0 Å². The summed E-state index contributed by atoms with van der Waals surface area (Å²) in [4.78, 5) is 6.63. The number of guanidine groups is 1. The third kappa shape index (κ3) is 4.48. The van der Waals surface area contributed by atoms with Crippen molar-refractivity contribution in [3.8, 4) is 0 Å². The van der Waals surface area contributed by atoms with Crippen molar-refractivity contribution in [1.82, 2.24) is 15.5 Å². The van der Waals surface area contributed by atoms with Crippen LogP contribution in [0.25, 0.3) is 0 Å². The Morgan fingerprint density at radius 3 is 2.83 bits per heavy atom. The number of sulfone groups is 1. The first-order valence-electron chi connectivity index (χ1n) is 8.52. The monoisotopic (exact) mass is 350 g/mol. The van der Waals surface area contributed by atoms with Gasteiger partial charge in [-0.05, 0) is 24.0 Å². The molecule has 0 spiro atoms. The van der Waals surface area contributed by atoms with E-state index in [1.165, 1.54) is 11.1 Å². The maximum absolute atomic E-state index is 11.5. The Kier molecular flexibility index (Phi) is 5.40. The molecule has 2 aliphatic heterocycles. The lowest BCUT2D eigenvalue weighted by molar-refractivity contribution is 0.258. The number of hydrogen-bond donors (Lipinski definition) is 2. The van der Waals surface area contributed by atoms with Crippen LogP contribution in [0.15, 0.2) is 29.3 Å². The molecule has 7 heteroatoms. The summed E-state index contributed by atoms with van der Waals surface area (Å²) in [5.41, 5.74) is 2.88. The van der Waals surface area contributed by atoms with Gasteiger partial charge in [-0.3, -0.25) is 9.89 Å². The average Bonchev–Trinajstić information content (AvgIpc) is 2.92. The average molecular weight is 350 g/mol. The van der Waals surface area contributed by atoms with Gasteiger partial charge >= 0.3 is 0 Å². The van der Waals surface area contributed by atoms with Gasteiger partial charge in [-0.2, -0.15) is 0 Å². The molecule has 1 fully saturated rings. The first-order chi connectivity index (χ1) is 11.6. The molecule has 1 saturated heterocycles. The Bertz CT molecular complexity index is 702. The predicted octanol–water partition coefficient (Wildman–Crippen LogP) is 0.397. The summed E-state index contributed by atoms with van der Waals surface area (Å²) in [5, 5.41) is 6.51. The van der Waals surface area contributed by atoms with E-state index >= 15 is 0 Å². The third-order valence-corrected chi connectivity index (χ3v) is 6.50. The van der Waals surface area contributed by atoms with Gasteiger partial charge in [0.1, 0.15) is 0 Å². The molecule has 1 atom stereocenters. The van der Waals surface area contributed by atoms with Crippen LogP contribution in [0.4, 0.5) is 0 Å². The van der Waals surface area contributed by atoms with E-state index in [1.54, 1.807) is 7.05 Å². The van der Waals surface area contributed by atoms with E-state index in [0.717, 1.165) is 32.6 Å². The second-order valence-electron chi connectivity index (χ2n) is 6.54. The number of nitrogens with one attached hydrogen (secondary N) is 2. The Labute approximate surface area is 144 Å². The van der Waals surface area contributed by atoms with Crippen LogP contribution in [-0.4, -0.2) is 63.5 Å². The fraction of sp³-hybridized carbons (Fsp3) is 0.588. The zero-order valence-corrected chi connectivity index (χ0v) is 15.0. The molecule has 2 N–H and O–H groups in total. The highest BCUT2D eigenvalue weighted by atomic mass is 32.2. The van der Waals surface area contributed by atoms with Crippen molar-refractivity contribution in [3.05, 3.63) is 35.4 Å². The molecule has 2 heterocycles. The smallest absolute Gasteiger partial charge is 0.191 e. The minimum Gasteiger partial charge on any atom is -0.355 e. The van der Waals surface area contributed by atoms with E-state index in [2.05, 4.69) is 44.8 Å². The zero-order valence-electron chi connectivity index (χ0n) is 14.2. The molecule has 1 aromatic rings. The van der Waals surface area contributed by atoms with Crippen LogP contribution < -0.4 is 10.6 Å². The van der Waals surface area contributed by atoms with Crippen molar-refractivity contribution < 1.29 is 8.42 Å². The Morgan fingerprint density at radius 1 is 1.33 bits per heavy atom. The predicted molar refractivity (Wildman–Crippen MR) is 97.0 cm³/mol. The van der Waals surface area contributed by atoms with Crippen molar-refractivity contribution in [2.75, 3.05) is 38.2 Å². The third-order valence-electron chi connectivity index (χ3n) is 4.73. The summed E-state index contributed by atoms with van der Waals surface area (Å²) < 4.78 is 23.1. The zero-order chi connectivity index (χ0) is 17.0. The molecule has 1 aromatic carbocycles. The highest BCUT2D eigenvalue weighted by Gasteiger charge is 2.28. The molecule has 24 heavy (non-hydrogen) atoms. The summed E-state index contributed by atoms with van der Waals surface area (Å²) in [7, 11) is -1.15. The van der Waals surface area contributed by atoms with Crippen molar-refractivity contribution in [3.63, 3.8) is 0 Å². The van der Waals surface area contributed by atoms with E-state index < -0.39 is 9.84 Å². The fourth-order valence-corrected chi connectivity index (χ4v) is 5.05. The Hall–Kier alpha value is -1.60. The van der Waals surface area contributed by atoms with Crippen molar-refractivity contribution >= 4 is 15.8 Å². The molecule has 0 radical (unpaired) electrons. The first-order valence-corrected chi connectivity index (χ1v) is 10.3. The highest BCUT2D eigenvalue weighted by molar-refractivity contribution is 7.91. The molecule has 1 unspecified atom stereocenters. The van der Waals surface area contributed by atoms with E-state index in [4.69, 9.17) is 0 Å². The molecule has 3 rings (SSSR count). The summed E-state index contributed by atoms with van der Waals surface area (Å²) in [6, 6.07) is 8.60. The van der Waals surface area contributed by atoms with Crippen LogP contribution in [0.2, 0.25) is 0 Å². The number of rotatable bonds is 4. The molecule has 0 aromatic heterocycles. The minimum atomic E-state index is -2.87. The van der Waals surface area contributed by atoms with Crippen LogP contribution in [-0.2, 0) is 22.8 Å². The van der Waals surface area contributed by atoms with Gasteiger partial charge in [-0.25, -0.2) is 8.42 Å². The highest BCUT2D eigenvalue weighted by Crippen LogP contribution is 2.17. The normalized spacial score (nSPS) is 23.7. The number of benzene rings is 1. The van der Waals surface area contributed by atoms with Crippen molar-refractivity contribution in [2.45, 2.75) is 25.4 Å². The number of nitrogens with zero attached hydrogens (tertiary/aromatic N) is 2. The topological polar surface area (TPSA) is 73.8 Å². The SMILES string of the molecule is CN=C(NCCN1CCc2ccccc2C1)NC1CCS(=O)(=O)C1. The number of aliphatic imine (C=N–C) groups is 1. The lowest BCUT2D eigenvalue weighted by Crippen LogP contribution is -2.46. The van der Waals surface area contributed by atoms with E-state index in [-0.39, 0.29) is 17.5 Å². The van der Waals surface area contributed by atoms with Crippen LogP contribution in [0.1, 0.15) is 17.5 Å². The summed E-state index contributed by atoms with van der Waals surface area (Å²) in [6.07, 6.45) is 1.76. The van der Waals surface area contributed by atoms with Gasteiger partial charge in [0, 0.05) is 39.3 Å². The molecule has 0 aliphatic carbocycles. The van der Waals surface area contributed by atoms with Crippen LogP contribution in [0.5, 0.6) is 0 Å². The molecule has 6 nitrogen and oxygen atoms in total. The largest absolute Gasteiger partial charge is 0.355 e. The molecule has 2 aliphatic rings. The molecule has 132 valence electrons. The van der Waals surface area contributed by atoms with E-state index in [0.29, 0.717) is 12.4 Å². The van der Waals surface area contributed by atoms with Gasteiger partial charge in [0.05, 0.1) is 11.5 Å². The van der Waals surface area contributed by atoms with Crippen LogP contribution in [0, 0.1) is 0 Å². The molecule has 0 bridgehead atoms. The van der Waals surface area contributed by atoms with Gasteiger partial charge in [0.15, 0.2) is 15.8 Å². The fourth-order valence-electron chi connectivity index (χ4n) is 3.37. The van der Waals surface area contributed by atoms with Crippen LogP contribution in [0.3, 0.4) is 0 Å². The Balaban J connectivity index is 1.43. The van der Waals surface area contributed by atoms with Gasteiger partial charge in [-0.1, -0.05) is 24.3 Å². The second-order valence-corrected chi connectivity index (χ2v) is 8.77. The molecular weight excluding hydrogens is 324 g/mol. The first kappa shape index (κ1) is 17.2. The van der Waals surface area contributed by atoms with E-state index in [9.17, 15) is 8.42 Å². The molecular formula is C17H26N4O2S. The molecule has 0 amide bonds. The maximum atomic E-state index is 11.5. The second kappa shape index (κ2) is 7.53. The van der Waals surface area contributed by atoms with Crippen molar-refractivity contribution in [1.29, 1.82) is 0 Å². The quantitative estimate of drug-likeness (QED) is 0.607. The van der Waals surface area contributed by atoms with Gasteiger partial charge in [0.25, 0.3) is 0 Å². The lowest BCUT2D eigenvalue weighted by Gasteiger charge is -2.29. The lowest BCUT2D eigenvalue weighted by atomic mass is 10.00. The Morgan fingerprint density at radius 2 is 2.12 bits per heavy atom. The molecule has 0 saturated carbocycles. The van der Waals surface area contributed by atoms with Gasteiger partial charge in [-0.15, -0.1) is 0 Å². The van der Waals surface area contributed by atoms with Gasteiger partial charge < -0.3 is 10.6 Å². The van der Waals surface area contributed by atoms with Crippen LogP contribution >= 0.6 is 0 Å². The summed E-state index contributed by atoms with van der Waals surface area (Å²) >= 11 is 0. The number of fused-ring (bicyclic) bond motifs is 1. The van der Waals surface area contributed by atoms with E-state index in [1.807, 2.05) is 0 Å².